The molecule has 1 N–H and O–H groups in total. The van der Waals surface area contributed by atoms with E-state index in [0.717, 1.165) is 0 Å². The van der Waals surface area contributed by atoms with Gasteiger partial charge in [0, 0.05) is 13.2 Å². The molecule has 1 aromatic rings. The van der Waals surface area contributed by atoms with Crippen LogP contribution in [0, 0.1) is 12.3 Å². The normalized spacial score (nSPS) is 9.14. The molecule has 14 heavy (non-hydrogen) atoms. The lowest BCUT2D eigenvalue weighted by Crippen LogP contribution is -2.31. The summed E-state index contributed by atoms with van der Waals surface area (Å²) < 4.78 is 1.34. The number of nitrogens with one attached hydrogen (secondary N) is 1. The second kappa shape index (κ2) is 4.28. The molecule has 0 aliphatic rings. The van der Waals surface area contributed by atoms with Crippen molar-refractivity contribution < 1.29 is 4.79 Å². The number of carbonyl (C=O) groups is 1. The van der Waals surface area contributed by atoms with Gasteiger partial charge in [0.15, 0.2) is 0 Å². The van der Waals surface area contributed by atoms with Crippen molar-refractivity contribution >= 4 is 5.91 Å². The fraction of sp³-hybridized carbons (Fsp3) is 0.200. The molecule has 1 rings (SSSR count). The first kappa shape index (κ1) is 10.1. The van der Waals surface area contributed by atoms with Crippen molar-refractivity contribution in [1.29, 1.82) is 0 Å². The van der Waals surface area contributed by atoms with Gasteiger partial charge in [-0.2, -0.15) is 0 Å². The number of aryl methyl sites for hydroxylation is 1. The van der Waals surface area contributed by atoms with Gasteiger partial charge in [0.05, 0.1) is 6.54 Å². The first-order chi connectivity index (χ1) is 6.66. The van der Waals surface area contributed by atoms with Crippen LogP contribution < -0.4 is 10.9 Å². The molecule has 1 aromatic heterocycles. The maximum absolute atomic E-state index is 11.4. The third-order valence-electron chi connectivity index (χ3n) is 1.72. The summed E-state index contributed by atoms with van der Waals surface area (Å²) in [5.74, 6) is 1.82. The van der Waals surface area contributed by atoms with Crippen LogP contribution in [0.2, 0.25) is 0 Å². The number of amides is 1. The second-order valence-electron chi connectivity index (χ2n) is 2.72. The Balaban J connectivity index is 2.97. The third kappa shape index (κ3) is 2.02. The molecule has 4 heteroatoms. The molecule has 0 atom stereocenters. The zero-order valence-corrected chi connectivity index (χ0v) is 7.78. The summed E-state index contributed by atoms with van der Waals surface area (Å²) in [6.45, 7) is 0.122. The molecule has 0 unspecified atom stereocenters. The van der Waals surface area contributed by atoms with Gasteiger partial charge >= 0.3 is 0 Å². The number of terminal acetylenes is 1. The summed E-state index contributed by atoms with van der Waals surface area (Å²) in [5.41, 5.74) is -0.229. The monoisotopic (exact) mass is 190 g/mol. The standard InChI is InChI=1S/C10H10N2O2/c1-3-6-11-9(13)8-5-4-7-12(2)10(8)14/h1,4-5,7H,6H2,2H3,(H,11,13). The molecule has 0 saturated carbocycles. The molecule has 1 amide bonds. The number of aromatic nitrogens is 1. The van der Waals surface area contributed by atoms with E-state index in [-0.39, 0.29) is 17.7 Å². The highest BCUT2D eigenvalue weighted by atomic mass is 16.2. The van der Waals surface area contributed by atoms with Crippen LogP contribution in [0.15, 0.2) is 23.1 Å². The molecule has 0 radical (unpaired) electrons. The smallest absolute Gasteiger partial charge is 0.263 e. The summed E-state index contributed by atoms with van der Waals surface area (Å²) >= 11 is 0. The molecule has 72 valence electrons. The Labute approximate surface area is 81.6 Å². The minimum atomic E-state index is -0.441. The minimum absolute atomic E-state index is 0.102. The highest BCUT2D eigenvalue weighted by Crippen LogP contribution is 1.90. The number of hydrogen-bond acceptors (Lipinski definition) is 2. The molecule has 0 aromatic carbocycles. The van der Waals surface area contributed by atoms with E-state index in [0.29, 0.717) is 0 Å². The Morgan fingerprint density at radius 3 is 3.07 bits per heavy atom. The van der Waals surface area contributed by atoms with Crippen LogP contribution in [-0.4, -0.2) is 17.0 Å². The van der Waals surface area contributed by atoms with E-state index < -0.39 is 5.91 Å². The van der Waals surface area contributed by atoms with Gasteiger partial charge in [-0.15, -0.1) is 6.42 Å². The quantitative estimate of drug-likeness (QED) is 0.654. The number of pyridine rings is 1. The van der Waals surface area contributed by atoms with E-state index in [4.69, 9.17) is 6.42 Å². The molecule has 0 aliphatic heterocycles. The van der Waals surface area contributed by atoms with E-state index in [1.54, 1.807) is 19.3 Å². The van der Waals surface area contributed by atoms with Crippen molar-refractivity contribution in [2.75, 3.05) is 6.54 Å². The van der Waals surface area contributed by atoms with Gasteiger partial charge in [-0.3, -0.25) is 9.59 Å². The van der Waals surface area contributed by atoms with Crippen molar-refractivity contribution in [3.8, 4) is 12.3 Å². The molecule has 0 saturated heterocycles. The fourth-order valence-electron chi connectivity index (χ4n) is 0.997. The van der Waals surface area contributed by atoms with Gasteiger partial charge < -0.3 is 9.88 Å². The van der Waals surface area contributed by atoms with E-state index in [2.05, 4.69) is 11.2 Å². The van der Waals surface area contributed by atoms with Gasteiger partial charge in [0.1, 0.15) is 5.56 Å². The van der Waals surface area contributed by atoms with Crippen LogP contribution in [0.5, 0.6) is 0 Å². The summed E-state index contributed by atoms with van der Waals surface area (Å²) in [7, 11) is 1.58. The van der Waals surface area contributed by atoms with E-state index in [9.17, 15) is 9.59 Å². The number of nitrogens with zero attached hydrogens (tertiary/aromatic N) is 1. The Morgan fingerprint density at radius 1 is 1.71 bits per heavy atom. The maximum atomic E-state index is 11.4. The summed E-state index contributed by atoms with van der Waals surface area (Å²) in [5, 5.41) is 2.43. The lowest BCUT2D eigenvalue weighted by Gasteiger charge is -2.02. The number of rotatable bonds is 2. The zero-order chi connectivity index (χ0) is 10.6. The summed E-state index contributed by atoms with van der Waals surface area (Å²) in [6.07, 6.45) is 6.56. The maximum Gasteiger partial charge on any atom is 0.263 e. The van der Waals surface area contributed by atoms with Crippen LogP contribution in [0.1, 0.15) is 10.4 Å². The molecule has 0 aliphatic carbocycles. The topological polar surface area (TPSA) is 51.1 Å². The lowest BCUT2D eigenvalue weighted by molar-refractivity contribution is 0.0956. The summed E-state index contributed by atoms with van der Waals surface area (Å²) in [4.78, 5) is 22.8. The largest absolute Gasteiger partial charge is 0.341 e. The van der Waals surface area contributed by atoms with Gasteiger partial charge in [0.2, 0.25) is 0 Å². The number of carbonyl (C=O) groups excluding carboxylic acids is 1. The Bertz CT molecular complexity index is 440. The minimum Gasteiger partial charge on any atom is -0.341 e. The van der Waals surface area contributed by atoms with Crippen LogP contribution in [0.25, 0.3) is 0 Å². The van der Waals surface area contributed by atoms with E-state index in [1.165, 1.54) is 10.6 Å². The van der Waals surface area contributed by atoms with Crippen molar-refractivity contribution in [1.82, 2.24) is 9.88 Å². The predicted octanol–water partition coefficient (Wildman–Crippen LogP) is -0.252. The Kier molecular flexibility index (Phi) is 3.08. The van der Waals surface area contributed by atoms with Gasteiger partial charge in [-0.05, 0) is 12.1 Å². The fourth-order valence-corrected chi connectivity index (χ4v) is 0.997. The van der Waals surface area contributed by atoms with Crippen molar-refractivity contribution in [2.24, 2.45) is 7.05 Å². The first-order valence-electron chi connectivity index (χ1n) is 4.04. The average Bonchev–Trinajstić information content (AvgIpc) is 2.18. The predicted molar refractivity (Wildman–Crippen MR) is 52.8 cm³/mol. The first-order valence-corrected chi connectivity index (χ1v) is 4.04. The van der Waals surface area contributed by atoms with Gasteiger partial charge in [0.25, 0.3) is 11.5 Å². The third-order valence-corrected chi connectivity index (χ3v) is 1.72. The molecule has 0 fully saturated rings. The molecule has 0 bridgehead atoms. The molecular weight excluding hydrogens is 180 g/mol. The van der Waals surface area contributed by atoms with Crippen molar-refractivity contribution in [2.45, 2.75) is 0 Å². The van der Waals surface area contributed by atoms with Gasteiger partial charge in [-0.25, -0.2) is 0 Å². The van der Waals surface area contributed by atoms with Crippen LogP contribution in [0.4, 0.5) is 0 Å². The van der Waals surface area contributed by atoms with Crippen molar-refractivity contribution in [3.05, 3.63) is 34.2 Å². The lowest BCUT2D eigenvalue weighted by atomic mass is 10.2. The van der Waals surface area contributed by atoms with E-state index in [1.807, 2.05) is 0 Å². The van der Waals surface area contributed by atoms with Gasteiger partial charge in [-0.1, -0.05) is 5.92 Å². The molecule has 1 heterocycles. The van der Waals surface area contributed by atoms with E-state index >= 15 is 0 Å². The van der Waals surface area contributed by atoms with Crippen molar-refractivity contribution in [3.63, 3.8) is 0 Å². The molecular formula is C10H10N2O2. The molecule has 0 spiro atoms. The average molecular weight is 190 g/mol. The second-order valence-corrected chi connectivity index (χ2v) is 2.72. The Morgan fingerprint density at radius 2 is 2.43 bits per heavy atom. The van der Waals surface area contributed by atoms with Crippen LogP contribution in [-0.2, 0) is 7.05 Å². The zero-order valence-electron chi connectivity index (χ0n) is 7.78. The highest BCUT2D eigenvalue weighted by molar-refractivity contribution is 5.93. The SMILES string of the molecule is C#CCNC(=O)c1cccn(C)c1=O. The van der Waals surface area contributed by atoms with Crippen LogP contribution in [0.3, 0.4) is 0 Å². The Hall–Kier alpha value is -2.02. The van der Waals surface area contributed by atoms with Crippen LogP contribution >= 0.6 is 0 Å². The highest BCUT2D eigenvalue weighted by Gasteiger charge is 2.08. The molecule has 4 nitrogen and oxygen atoms in total. The number of hydrogen-bond donors (Lipinski definition) is 1. The summed E-state index contributed by atoms with van der Waals surface area (Å²) in [6, 6.07) is 3.10.